The number of nitrogens with one attached hydrogen (secondary N) is 1. The van der Waals surface area contributed by atoms with Gasteiger partial charge >= 0.3 is 0 Å². The van der Waals surface area contributed by atoms with Crippen LogP contribution in [0, 0.1) is 18.3 Å². The summed E-state index contributed by atoms with van der Waals surface area (Å²) in [6, 6.07) is 8.02. The van der Waals surface area contributed by atoms with E-state index in [0.717, 1.165) is 35.5 Å². The minimum Gasteiger partial charge on any atom is -0.494 e. The molecular weight excluding hydrogens is 262 g/mol. The van der Waals surface area contributed by atoms with Gasteiger partial charge in [0.2, 0.25) is 0 Å². The van der Waals surface area contributed by atoms with Gasteiger partial charge in [-0.25, -0.2) is 0 Å². The summed E-state index contributed by atoms with van der Waals surface area (Å²) in [6.45, 7) is 5.36. The minimum absolute atomic E-state index is 0.0807. The number of rotatable bonds is 6. The van der Waals surface area contributed by atoms with Gasteiger partial charge in [0.05, 0.1) is 12.5 Å². The number of ether oxygens (including phenoxy) is 2. The van der Waals surface area contributed by atoms with Gasteiger partial charge in [0.15, 0.2) is 0 Å². The Labute approximate surface area is 126 Å². The number of hydrogen-bond acceptors (Lipinski definition) is 3. The summed E-state index contributed by atoms with van der Waals surface area (Å²) in [6.07, 6.45) is 9.29. The molecule has 0 amide bonds. The van der Waals surface area contributed by atoms with Crippen LogP contribution in [-0.4, -0.2) is 20.3 Å². The van der Waals surface area contributed by atoms with E-state index in [0.29, 0.717) is 13.2 Å². The highest BCUT2D eigenvalue weighted by molar-refractivity contribution is 5.67. The van der Waals surface area contributed by atoms with Crippen molar-refractivity contribution in [1.82, 2.24) is 5.32 Å². The van der Waals surface area contributed by atoms with Gasteiger partial charge < -0.3 is 14.8 Å². The second-order valence-corrected chi connectivity index (χ2v) is 4.94. The standard InChI is InChI=1S/C18H21NO2/c1-4-15-8-11-18(19-14(15)2)16-6-9-17(10-7-16)21-13-5-12-20-3/h1,6-7,9-11,15,19H,2,5,8,12-13H2,3H3. The van der Waals surface area contributed by atoms with Crippen LogP contribution in [-0.2, 0) is 4.74 Å². The van der Waals surface area contributed by atoms with E-state index in [4.69, 9.17) is 15.9 Å². The van der Waals surface area contributed by atoms with Crippen molar-refractivity contribution in [3.05, 3.63) is 48.2 Å². The van der Waals surface area contributed by atoms with Crippen molar-refractivity contribution >= 4 is 5.70 Å². The molecule has 0 bridgehead atoms. The van der Waals surface area contributed by atoms with Gasteiger partial charge in [0, 0.05) is 31.5 Å². The van der Waals surface area contributed by atoms with Crippen LogP contribution >= 0.6 is 0 Å². The molecule has 3 nitrogen and oxygen atoms in total. The molecule has 1 heterocycles. The number of terminal acetylenes is 1. The molecule has 1 aliphatic rings. The van der Waals surface area contributed by atoms with Gasteiger partial charge in [-0.1, -0.05) is 18.6 Å². The lowest BCUT2D eigenvalue weighted by Gasteiger charge is -2.23. The highest BCUT2D eigenvalue weighted by Crippen LogP contribution is 2.25. The third kappa shape index (κ3) is 4.14. The highest BCUT2D eigenvalue weighted by atomic mass is 16.5. The van der Waals surface area contributed by atoms with Crippen LogP contribution in [0.1, 0.15) is 18.4 Å². The molecule has 1 unspecified atom stereocenters. The average molecular weight is 283 g/mol. The molecule has 110 valence electrons. The van der Waals surface area contributed by atoms with E-state index in [2.05, 4.69) is 23.9 Å². The van der Waals surface area contributed by atoms with Crippen molar-refractivity contribution in [2.75, 3.05) is 20.3 Å². The Bertz CT molecular complexity index is 552. The molecule has 2 rings (SSSR count). The fraction of sp³-hybridized carbons (Fsp3) is 0.333. The predicted octanol–water partition coefficient (Wildman–Crippen LogP) is 3.20. The third-order valence-corrected chi connectivity index (χ3v) is 3.40. The Morgan fingerprint density at radius 1 is 1.33 bits per heavy atom. The molecule has 0 fully saturated rings. The van der Waals surface area contributed by atoms with Gasteiger partial charge in [0.25, 0.3) is 0 Å². The number of methoxy groups -OCH3 is 1. The molecule has 1 N–H and O–H groups in total. The third-order valence-electron chi connectivity index (χ3n) is 3.40. The van der Waals surface area contributed by atoms with Crippen LogP contribution < -0.4 is 10.1 Å². The maximum Gasteiger partial charge on any atom is 0.119 e. The molecular formula is C18H21NO2. The normalized spacial score (nSPS) is 17.6. The van der Waals surface area contributed by atoms with Gasteiger partial charge in [-0.2, -0.15) is 0 Å². The summed E-state index contributed by atoms with van der Waals surface area (Å²) in [5.41, 5.74) is 3.04. The Hall–Kier alpha value is -2.18. The molecule has 0 spiro atoms. The Morgan fingerprint density at radius 2 is 2.10 bits per heavy atom. The summed E-state index contributed by atoms with van der Waals surface area (Å²) in [7, 11) is 1.69. The van der Waals surface area contributed by atoms with Crippen LogP contribution in [0.15, 0.2) is 42.6 Å². The maximum absolute atomic E-state index is 5.64. The Kier molecular flexibility index (Phi) is 5.48. The molecule has 1 aromatic rings. The first-order valence-corrected chi connectivity index (χ1v) is 7.09. The Morgan fingerprint density at radius 3 is 2.71 bits per heavy atom. The van der Waals surface area contributed by atoms with Crippen molar-refractivity contribution < 1.29 is 9.47 Å². The predicted molar refractivity (Wildman–Crippen MR) is 85.6 cm³/mol. The second-order valence-electron chi connectivity index (χ2n) is 4.94. The number of hydrogen-bond donors (Lipinski definition) is 1. The number of benzene rings is 1. The quantitative estimate of drug-likeness (QED) is 0.642. The van der Waals surface area contributed by atoms with Crippen LogP contribution in [0.25, 0.3) is 5.70 Å². The van der Waals surface area contributed by atoms with Crippen molar-refractivity contribution in [3.8, 4) is 18.1 Å². The van der Waals surface area contributed by atoms with E-state index >= 15 is 0 Å². The molecule has 0 aliphatic carbocycles. The molecule has 21 heavy (non-hydrogen) atoms. The summed E-state index contributed by atoms with van der Waals surface area (Å²) in [5.74, 6) is 3.68. The first kappa shape index (κ1) is 15.2. The monoisotopic (exact) mass is 283 g/mol. The molecule has 1 atom stereocenters. The lowest BCUT2D eigenvalue weighted by atomic mass is 9.96. The molecule has 0 saturated carbocycles. The van der Waals surface area contributed by atoms with Gasteiger partial charge in [0.1, 0.15) is 5.75 Å². The largest absolute Gasteiger partial charge is 0.494 e. The zero-order chi connectivity index (χ0) is 15.1. The smallest absolute Gasteiger partial charge is 0.119 e. The second kappa shape index (κ2) is 7.56. The Balaban J connectivity index is 1.95. The molecule has 3 heteroatoms. The molecule has 0 radical (unpaired) electrons. The van der Waals surface area contributed by atoms with Crippen LogP contribution in [0.2, 0.25) is 0 Å². The van der Waals surface area contributed by atoms with Crippen LogP contribution in [0.5, 0.6) is 5.75 Å². The molecule has 1 aliphatic heterocycles. The summed E-state index contributed by atoms with van der Waals surface area (Å²) in [5, 5.41) is 3.28. The summed E-state index contributed by atoms with van der Waals surface area (Å²) in [4.78, 5) is 0. The van der Waals surface area contributed by atoms with E-state index in [1.165, 1.54) is 0 Å². The van der Waals surface area contributed by atoms with Crippen molar-refractivity contribution in [2.45, 2.75) is 12.8 Å². The average Bonchev–Trinajstić information content (AvgIpc) is 2.52. The first-order chi connectivity index (χ1) is 10.2. The van der Waals surface area contributed by atoms with E-state index < -0.39 is 0 Å². The lowest BCUT2D eigenvalue weighted by Crippen LogP contribution is -2.21. The summed E-state index contributed by atoms with van der Waals surface area (Å²) < 4.78 is 10.6. The van der Waals surface area contributed by atoms with E-state index in [1.807, 2.05) is 24.3 Å². The fourth-order valence-electron chi connectivity index (χ4n) is 2.17. The fourth-order valence-corrected chi connectivity index (χ4v) is 2.17. The molecule has 0 saturated heterocycles. The maximum atomic E-state index is 5.64. The highest BCUT2D eigenvalue weighted by Gasteiger charge is 2.16. The van der Waals surface area contributed by atoms with Gasteiger partial charge in [-0.3, -0.25) is 0 Å². The zero-order valence-corrected chi connectivity index (χ0v) is 12.4. The lowest BCUT2D eigenvalue weighted by molar-refractivity contribution is 0.172. The van der Waals surface area contributed by atoms with Crippen LogP contribution in [0.4, 0.5) is 0 Å². The van der Waals surface area contributed by atoms with Crippen molar-refractivity contribution in [1.29, 1.82) is 0 Å². The van der Waals surface area contributed by atoms with Crippen LogP contribution in [0.3, 0.4) is 0 Å². The number of allylic oxidation sites excluding steroid dienone is 2. The van der Waals surface area contributed by atoms with E-state index in [-0.39, 0.29) is 5.92 Å². The van der Waals surface area contributed by atoms with Crippen molar-refractivity contribution in [2.24, 2.45) is 5.92 Å². The van der Waals surface area contributed by atoms with E-state index in [9.17, 15) is 0 Å². The molecule has 0 aromatic heterocycles. The minimum atomic E-state index is 0.0807. The van der Waals surface area contributed by atoms with Gasteiger partial charge in [-0.05, 0) is 36.2 Å². The van der Waals surface area contributed by atoms with Crippen molar-refractivity contribution in [3.63, 3.8) is 0 Å². The SMILES string of the molecule is C#CC1CC=C(c2ccc(OCCCOC)cc2)NC1=C. The van der Waals surface area contributed by atoms with Gasteiger partial charge in [-0.15, -0.1) is 6.42 Å². The summed E-state index contributed by atoms with van der Waals surface area (Å²) >= 11 is 0. The zero-order valence-electron chi connectivity index (χ0n) is 12.4. The van der Waals surface area contributed by atoms with E-state index in [1.54, 1.807) is 7.11 Å². The first-order valence-electron chi connectivity index (χ1n) is 7.09. The molecule has 1 aromatic carbocycles. The topological polar surface area (TPSA) is 30.5 Å².